The Labute approximate surface area is 151 Å². The van der Waals surface area contributed by atoms with Crippen LogP contribution in [0.1, 0.15) is 16.1 Å². The minimum Gasteiger partial charge on any atom is -0.322 e. The van der Waals surface area contributed by atoms with E-state index in [-0.39, 0.29) is 5.91 Å². The molecular formula is C22H17N3O. The van der Waals surface area contributed by atoms with Gasteiger partial charge in [-0.1, -0.05) is 24.3 Å². The number of hydrogen-bond acceptors (Lipinski definition) is 3. The quantitative estimate of drug-likeness (QED) is 0.580. The van der Waals surface area contributed by atoms with Gasteiger partial charge in [0, 0.05) is 40.9 Å². The third-order valence-corrected chi connectivity index (χ3v) is 4.30. The average molecular weight is 339 g/mol. The number of carbonyl (C=O) groups is 1. The maximum Gasteiger partial charge on any atom is 0.256 e. The molecule has 4 aromatic rings. The lowest BCUT2D eigenvalue weighted by Gasteiger charge is -2.09. The van der Waals surface area contributed by atoms with Gasteiger partial charge in [-0.3, -0.25) is 14.8 Å². The first-order valence-electron chi connectivity index (χ1n) is 8.38. The van der Waals surface area contributed by atoms with Crippen LogP contribution in [0.25, 0.3) is 21.9 Å². The van der Waals surface area contributed by atoms with Gasteiger partial charge in [-0.15, -0.1) is 0 Å². The molecule has 0 saturated carbocycles. The molecule has 1 amide bonds. The lowest BCUT2D eigenvalue weighted by molar-refractivity contribution is 0.102. The molecule has 2 heterocycles. The number of hydrogen-bond donors (Lipinski definition) is 1. The fourth-order valence-electron chi connectivity index (χ4n) is 2.99. The zero-order chi connectivity index (χ0) is 17.9. The molecule has 4 heteroatoms. The molecule has 0 aliphatic heterocycles. The van der Waals surface area contributed by atoms with Crippen LogP contribution >= 0.6 is 0 Å². The van der Waals surface area contributed by atoms with Crippen molar-refractivity contribution in [3.05, 3.63) is 90.5 Å². The van der Waals surface area contributed by atoms with E-state index < -0.39 is 0 Å². The van der Waals surface area contributed by atoms with Crippen molar-refractivity contribution in [3.8, 4) is 11.1 Å². The summed E-state index contributed by atoms with van der Waals surface area (Å²) in [5.41, 5.74) is 4.57. The first kappa shape index (κ1) is 16.0. The van der Waals surface area contributed by atoms with Crippen molar-refractivity contribution < 1.29 is 4.79 Å². The molecule has 0 bridgehead atoms. The molecule has 0 saturated heterocycles. The molecule has 26 heavy (non-hydrogen) atoms. The molecule has 4 nitrogen and oxygen atoms in total. The molecular weight excluding hydrogens is 322 g/mol. The first-order valence-corrected chi connectivity index (χ1v) is 8.38. The number of carbonyl (C=O) groups excluding carboxylic acids is 1. The summed E-state index contributed by atoms with van der Waals surface area (Å²) in [5.74, 6) is -0.130. The van der Waals surface area contributed by atoms with Gasteiger partial charge in [0.2, 0.25) is 0 Å². The highest BCUT2D eigenvalue weighted by molar-refractivity contribution is 6.12. The predicted molar refractivity (Wildman–Crippen MR) is 104 cm³/mol. The van der Waals surface area contributed by atoms with E-state index in [2.05, 4.69) is 15.3 Å². The SMILES string of the molecule is Cc1cc(-c2ccc(NC(=O)c3cccc4cnccc34)cc2)ccn1. The van der Waals surface area contributed by atoms with E-state index >= 15 is 0 Å². The molecule has 1 N–H and O–H groups in total. The smallest absolute Gasteiger partial charge is 0.256 e. The summed E-state index contributed by atoms with van der Waals surface area (Å²) in [7, 11) is 0. The summed E-state index contributed by atoms with van der Waals surface area (Å²) in [6.07, 6.45) is 5.26. The van der Waals surface area contributed by atoms with Crippen molar-refractivity contribution in [3.63, 3.8) is 0 Å². The number of fused-ring (bicyclic) bond motifs is 1. The van der Waals surface area contributed by atoms with Crippen molar-refractivity contribution in [2.75, 3.05) is 5.32 Å². The summed E-state index contributed by atoms with van der Waals surface area (Å²) >= 11 is 0. The summed E-state index contributed by atoms with van der Waals surface area (Å²) in [5, 5.41) is 4.81. The Balaban J connectivity index is 1.58. The molecule has 0 aliphatic carbocycles. The Hall–Kier alpha value is -3.53. The Kier molecular flexibility index (Phi) is 4.15. The van der Waals surface area contributed by atoms with Gasteiger partial charge in [0.1, 0.15) is 0 Å². The molecule has 4 rings (SSSR count). The molecule has 0 aliphatic rings. The average Bonchev–Trinajstić information content (AvgIpc) is 2.68. The number of anilines is 1. The largest absolute Gasteiger partial charge is 0.322 e. The van der Waals surface area contributed by atoms with Crippen molar-refractivity contribution in [2.45, 2.75) is 6.92 Å². The molecule has 0 unspecified atom stereocenters. The normalized spacial score (nSPS) is 10.7. The van der Waals surface area contributed by atoms with Crippen LogP contribution in [0.5, 0.6) is 0 Å². The zero-order valence-corrected chi connectivity index (χ0v) is 14.3. The van der Waals surface area contributed by atoms with Gasteiger partial charge in [0.25, 0.3) is 5.91 Å². The number of rotatable bonds is 3. The Morgan fingerprint density at radius 2 is 1.77 bits per heavy atom. The van der Waals surface area contributed by atoms with Crippen molar-refractivity contribution in [2.24, 2.45) is 0 Å². The number of aryl methyl sites for hydroxylation is 1. The number of benzene rings is 2. The van der Waals surface area contributed by atoms with Crippen LogP contribution in [0, 0.1) is 6.92 Å². The van der Waals surface area contributed by atoms with E-state index in [1.54, 1.807) is 18.6 Å². The van der Waals surface area contributed by atoms with E-state index in [4.69, 9.17) is 0 Å². The van der Waals surface area contributed by atoms with Crippen molar-refractivity contribution in [1.29, 1.82) is 0 Å². The summed E-state index contributed by atoms with van der Waals surface area (Å²) < 4.78 is 0. The maximum absolute atomic E-state index is 12.7. The number of nitrogens with one attached hydrogen (secondary N) is 1. The standard InChI is InChI=1S/C22H17N3O/c1-15-13-17(9-12-24-15)16-5-7-19(8-6-16)25-22(26)21-4-2-3-18-14-23-11-10-20(18)21/h2-14H,1H3,(H,25,26). The van der Waals surface area contributed by atoms with E-state index in [9.17, 15) is 4.79 Å². The second kappa shape index (κ2) is 6.76. The van der Waals surface area contributed by atoms with Gasteiger partial charge < -0.3 is 5.32 Å². The van der Waals surface area contributed by atoms with Crippen molar-refractivity contribution in [1.82, 2.24) is 9.97 Å². The number of nitrogens with zero attached hydrogens (tertiary/aromatic N) is 2. The van der Waals surface area contributed by atoms with Crippen LogP contribution in [0.3, 0.4) is 0 Å². The zero-order valence-electron chi connectivity index (χ0n) is 14.3. The Morgan fingerprint density at radius 3 is 2.58 bits per heavy atom. The first-order chi connectivity index (χ1) is 12.7. The van der Waals surface area contributed by atoms with E-state index in [1.165, 1.54) is 0 Å². The minimum atomic E-state index is -0.130. The van der Waals surface area contributed by atoms with Crippen molar-refractivity contribution >= 4 is 22.4 Å². The van der Waals surface area contributed by atoms with E-state index in [0.717, 1.165) is 33.3 Å². The fraction of sp³-hybridized carbons (Fsp3) is 0.0455. The van der Waals surface area contributed by atoms with Gasteiger partial charge in [0.15, 0.2) is 0 Å². The maximum atomic E-state index is 12.7. The van der Waals surface area contributed by atoms with Gasteiger partial charge in [0.05, 0.1) is 0 Å². The number of amides is 1. The third-order valence-electron chi connectivity index (χ3n) is 4.30. The third kappa shape index (κ3) is 3.17. The van der Waals surface area contributed by atoms with Gasteiger partial charge >= 0.3 is 0 Å². The van der Waals surface area contributed by atoms with E-state index in [1.807, 2.05) is 67.6 Å². The molecule has 0 spiro atoms. The van der Waals surface area contributed by atoms with Crippen LogP contribution in [0.4, 0.5) is 5.69 Å². The van der Waals surface area contributed by atoms with Gasteiger partial charge in [-0.2, -0.15) is 0 Å². The van der Waals surface area contributed by atoms with Gasteiger partial charge in [-0.05, 0) is 59.8 Å². The van der Waals surface area contributed by atoms with Crippen LogP contribution in [0.15, 0.2) is 79.3 Å². The topological polar surface area (TPSA) is 54.9 Å². The van der Waals surface area contributed by atoms with Crippen LogP contribution in [-0.2, 0) is 0 Å². The second-order valence-corrected chi connectivity index (χ2v) is 6.12. The Morgan fingerprint density at radius 1 is 0.923 bits per heavy atom. The number of pyridine rings is 2. The monoisotopic (exact) mass is 339 g/mol. The molecule has 0 atom stereocenters. The molecule has 2 aromatic heterocycles. The number of aromatic nitrogens is 2. The van der Waals surface area contributed by atoms with Crippen LogP contribution in [0.2, 0.25) is 0 Å². The lowest BCUT2D eigenvalue weighted by Crippen LogP contribution is -2.12. The van der Waals surface area contributed by atoms with Crippen LogP contribution < -0.4 is 5.32 Å². The highest BCUT2D eigenvalue weighted by atomic mass is 16.1. The second-order valence-electron chi connectivity index (χ2n) is 6.12. The highest BCUT2D eigenvalue weighted by Gasteiger charge is 2.10. The lowest BCUT2D eigenvalue weighted by atomic mass is 10.0. The van der Waals surface area contributed by atoms with Crippen LogP contribution in [-0.4, -0.2) is 15.9 Å². The summed E-state index contributed by atoms with van der Waals surface area (Å²) in [4.78, 5) is 21.0. The molecule has 0 radical (unpaired) electrons. The minimum absolute atomic E-state index is 0.130. The van der Waals surface area contributed by atoms with E-state index in [0.29, 0.717) is 5.56 Å². The molecule has 126 valence electrons. The fourth-order valence-corrected chi connectivity index (χ4v) is 2.99. The summed E-state index contributed by atoms with van der Waals surface area (Å²) in [6.45, 7) is 1.97. The molecule has 0 fully saturated rings. The molecule has 2 aromatic carbocycles. The van der Waals surface area contributed by atoms with Gasteiger partial charge in [-0.25, -0.2) is 0 Å². The Bertz CT molecular complexity index is 1080. The summed E-state index contributed by atoms with van der Waals surface area (Å²) in [6, 6.07) is 19.3. The highest BCUT2D eigenvalue weighted by Crippen LogP contribution is 2.23. The predicted octanol–water partition coefficient (Wildman–Crippen LogP) is 4.86.